The van der Waals surface area contributed by atoms with Crippen molar-refractivity contribution in [2.45, 2.75) is 25.3 Å². The third-order valence-corrected chi connectivity index (χ3v) is 4.94. The van der Waals surface area contributed by atoms with Crippen molar-refractivity contribution >= 4 is 40.8 Å². The minimum atomic E-state index is -0.698. The Kier molecular flexibility index (Phi) is 5.39. The number of halogens is 2. The molecule has 0 saturated carbocycles. The zero-order valence-electron chi connectivity index (χ0n) is 14.3. The van der Waals surface area contributed by atoms with E-state index in [9.17, 15) is 9.59 Å². The van der Waals surface area contributed by atoms with Crippen LogP contribution in [0.1, 0.15) is 30.4 Å². The number of ether oxygens (including phenoxy) is 1. The van der Waals surface area contributed by atoms with Crippen molar-refractivity contribution in [1.82, 2.24) is 5.43 Å². The van der Waals surface area contributed by atoms with Crippen LogP contribution in [0.5, 0.6) is 0 Å². The number of amides is 1. The van der Waals surface area contributed by atoms with E-state index in [-0.39, 0.29) is 11.8 Å². The Bertz CT molecular complexity index is 842. The quantitative estimate of drug-likeness (QED) is 0.803. The largest absolute Gasteiger partial charge is 0.467 e. The normalized spacial score (nSPS) is 18.8. The second-order valence-corrected chi connectivity index (χ2v) is 6.94. The molecular weight excluding hydrogens is 375 g/mol. The van der Waals surface area contributed by atoms with Gasteiger partial charge in [0.25, 0.3) is 0 Å². The maximum Gasteiger partial charge on any atom is 0.330 e. The van der Waals surface area contributed by atoms with E-state index >= 15 is 0 Å². The number of fused-ring (bicyclic) bond motifs is 1. The van der Waals surface area contributed by atoms with E-state index < -0.39 is 12.0 Å². The molecule has 0 unspecified atom stereocenters. The minimum Gasteiger partial charge on any atom is -0.467 e. The molecule has 1 heterocycles. The monoisotopic (exact) mass is 392 g/mol. The fourth-order valence-corrected chi connectivity index (χ4v) is 3.98. The predicted molar refractivity (Wildman–Crippen MR) is 101 cm³/mol. The van der Waals surface area contributed by atoms with Crippen LogP contribution in [0.3, 0.4) is 0 Å². The highest BCUT2D eigenvalue weighted by molar-refractivity contribution is 6.35. The molecule has 1 aliphatic rings. The zero-order valence-corrected chi connectivity index (χ0v) is 15.8. The van der Waals surface area contributed by atoms with E-state index in [1.807, 2.05) is 30.3 Å². The van der Waals surface area contributed by atoms with Crippen LogP contribution in [0, 0.1) is 0 Å². The molecule has 3 rings (SSSR count). The minimum absolute atomic E-state index is 0.134. The van der Waals surface area contributed by atoms with E-state index in [1.54, 1.807) is 12.1 Å². The molecule has 5 nitrogen and oxygen atoms in total. The Morgan fingerprint density at radius 1 is 1.19 bits per heavy atom. The highest BCUT2D eigenvalue weighted by Crippen LogP contribution is 2.46. The first kappa shape index (κ1) is 18.5. The third kappa shape index (κ3) is 3.50. The van der Waals surface area contributed by atoms with Gasteiger partial charge in [-0.3, -0.25) is 15.2 Å². The number of benzene rings is 2. The fraction of sp³-hybridized carbons (Fsp3) is 0.263. The van der Waals surface area contributed by atoms with E-state index in [1.165, 1.54) is 19.0 Å². The molecule has 0 aromatic heterocycles. The second-order valence-electron chi connectivity index (χ2n) is 6.10. The highest BCUT2D eigenvalue weighted by atomic mass is 35.5. The molecule has 26 heavy (non-hydrogen) atoms. The van der Waals surface area contributed by atoms with Gasteiger partial charge >= 0.3 is 5.97 Å². The number of esters is 1. The number of hydrogen-bond donors (Lipinski definition) is 1. The first-order chi connectivity index (χ1) is 12.4. The molecule has 0 fully saturated rings. The number of carbonyl (C=O) groups excluding carboxylic acids is 2. The summed E-state index contributed by atoms with van der Waals surface area (Å²) >= 11 is 12.7. The van der Waals surface area contributed by atoms with Crippen LogP contribution in [0.4, 0.5) is 5.69 Å². The Morgan fingerprint density at radius 2 is 1.88 bits per heavy atom. The summed E-state index contributed by atoms with van der Waals surface area (Å²) in [4.78, 5) is 24.2. The van der Waals surface area contributed by atoms with Crippen molar-refractivity contribution < 1.29 is 14.3 Å². The molecule has 0 spiro atoms. The van der Waals surface area contributed by atoms with Crippen LogP contribution in [0.15, 0.2) is 42.5 Å². The molecule has 0 bridgehead atoms. The molecule has 0 saturated heterocycles. The van der Waals surface area contributed by atoms with E-state index in [4.69, 9.17) is 27.9 Å². The molecular formula is C19H18Cl2N2O3. The van der Waals surface area contributed by atoms with Crippen molar-refractivity contribution in [3.05, 3.63) is 63.6 Å². The number of nitrogens with zero attached hydrogens (tertiary/aromatic N) is 1. The average Bonchev–Trinajstić information content (AvgIpc) is 2.61. The Labute approximate surface area is 161 Å². The van der Waals surface area contributed by atoms with Gasteiger partial charge < -0.3 is 4.74 Å². The molecule has 2 atom stereocenters. The van der Waals surface area contributed by atoms with Crippen LogP contribution >= 0.6 is 23.2 Å². The summed E-state index contributed by atoms with van der Waals surface area (Å²) in [6, 6.07) is 12.4. The molecule has 0 aliphatic carbocycles. The van der Waals surface area contributed by atoms with Crippen LogP contribution in [-0.4, -0.2) is 25.0 Å². The van der Waals surface area contributed by atoms with Crippen molar-refractivity contribution in [1.29, 1.82) is 0 Å². The highest BCUT2D eigenvalue weighted by Gasteiger charge is 2.40. The van der Waals surface area contributed by atoms with E-state index in [0.717, 1.165) is 11.1 Å². The van der Waals surface area contributed by atoms with Crippen molar-refractivity contribution in [2.24, 2.45) is 0 Å². The van der Waals surface area contributed by atoms with Crippen LogP contribution in [0.25, 0.3) is 0 Å². The summed E-state index contributed by atoms with van der Waals surface area (Å²) in [6.07, 6.45) is 0.408. The lowest BCUT2D eigenvalue weighted by Crippen LogP contribution is -2.55. The predicted octanol–water partition coefficient (Wildman–Crippen LogP) is 3.93. The molecule has 2 aromatic rings. The SMILES string of the molecule is COC(=O)[C@H]1C[C@H](c2ccccc2)c2c(Cl)cc(Cl)cc2N1NC(C)=O. The van der Waals surface area contributed by atoms with Crippen molar-refractivity contribution in [3.8, 4) is 0 Å². The molecule has 1 aliphatic heterocycles. The lowest BCUT2D eigenvalue weighted by atomic mass is 9.81. The summed E-state index contributed by atoms with van der Waals surface area (Å²) in [6.45, 7) is 1.38. The topological polar surface area (TPSA) is 58.6 Å². The molecule has 1 N–H and O–H groups in total. The summed E-state index contributed by atoms with van der Waals surface area (Å²) in [7, 11) is 1.33. The lowest BCUT2D eigenvalue weighted by Gasteiger charge is -2.41. The standard InChI is InChI=1S/C19H18Cl2N2O3/c1-11(24)22-23-16-9-13(20)8-15(21)18(16)14(10-17(23)19(25)26-2)12-6-4-3-5-7-12/h3-9,14,17H,10H2,1-2H3,(H,22,24)/t14-,17-/m1/s1. The van der Waals surface area contributed by atoms with Gasteiger partial charge in [-0.25, -0.2) is 4.79 Å². The third-order valence-electron chi connectivity index (χ3n) is 4.40. The number of hydrazine groups is 1. The summed E-state index contributed by atoms with van der Waals surface area (Å²) in [5.41, 5.74) is 5.14. The summed E-state index contributed by atoms with van der Waals surface area (Å²) in [5, 5.41) is 2.40. The number of nitrogens with one attached hydrogen (secondary N) is 1. The first-order valence-electron chi connectivity index (χ1n) is 8.10. The van der Waals surface area contributed by atoms with Gasteiger partial charge in [-0.05, 0) is 24.1 Å². The zero-order chi connectivity index (χ0) is 18.8. The smallest absolute Gasteiger partial charge is 0.330 e. The first-order valence-corrected chi connectivity index (χ1v) is 8.86. The summed E-state index contributed by atoms with van der Waals surface area (Å²) in [5.74, 6) is -0.884. The van der Waals surface area contributed by atoms with Gasteiger partial charge in [0, 0.05) is 28.5 Å². The number of methoxy groups -OCH3 is 1. The van der Waals surface area contributed by atoms with Gasteiger partial charge in [0.1, 0.15) is 6.04 Å². The Balaban J connectivity index is 2.21. The molecule has 2 aromatic carbocycles. The second kappa shape index (κ2) is 7.56. The van der Waals surface area contributed by atoms with Crippen molar-refractivity contribution in [3.63, 3.8) is 0 Å². The Hall–Kier alpha value is -2.24. The molecule has 136 valence electrons. The number of anilines is 1. The van der Waals surface area contributed by atoms with Crippen LogP contribution < -0.4 is 10.4 Å². The van der Waals surface area contributed by atoms with E-state index in [2.05, 4.69) is 5.43 Å². The number of rotatable bonds is 3. The van der Waals surface area contributed by atoms with Gasteiger partial charge in [0.2, 0.25) is 5.91 Å². The fourth-order valence-electron chi connectivity index (χ4n) is 3.36. The van der Waals surface area contributed by atoms with Gasteiger partial charge in [-0.15, -0.1) is 0 Å². The number of hydrogen-bond acceptors (Lipinski definition) is 4. The van der Waals surface area contributed by atoms with Crippen LogP contribution in [0.2, 0.25) is 10.0 Å². The summed E-state index contributed by atoms with van der Waals surface area (Å²) < 4.78 is 4.96. The Morgan fingerprint density at radius 3 is 2.50 bits per heavy atom. The maximum absolute atomic E-state index is 12.4. The molecule has 7 heteroatoms. The van der Waals surface area contributed by atoms with Crippen molar-refractivity contribution in [2.75, 3.05) is 12.1 Å². The number of carbonyl (C=O) groups is 2. The average molecular weight is 393 g/mol. The lowest BCUT2D eigenvalue weighted by molar-refractivity contribution is -0.142. The molecule has 1 amide bonds. The van der Waals surface area contributed by atoms with Gasteiger partial charge in [0.15, 0.2) is 0 Å². The van der Waals surface area contributed by atoms with Crippen LogP contribution in [-0.2, 0) is 14.3 Å². The van der Waals surface area contributed by atoms with Gasteiger partial charge in [0.05, 0.1) is 12.8 Å². The molecule has 0 radical (unpaired) electrons. The maximum atomic E-state index is 12.4. The van der Waals surface area contributed by atoms with Gasteiger partial charge in [-0.2, -0.15) is 0 Å². The van der Waals surface area contributed by atoms with E-state index in [0.29, 0.717) is 22.2 Å². The van der Waals surface area contributed by atoms with Gasteiger partial charge in [-0.1, -0.05) is 53.5 Å².